The van der Waals surface area contributed by atoms with Gasteiger partial charge in [-0.25, -0.2) is 4.68 Å². The van der Waals surface area contributed by atoms with E-state index >= 15 is 0 Å². The molecule has 2 aromatic rings. The van der Waals surface area contributed by atoms with Gasteiger partial charge in [0.15, 0.2) is 5.82 Å². The molecule has 0 bridgehead atoms. The summed E-state index contributed by atoms with van der Waals surface area (Å²) in [7, 11) is 3.32. The third-order valence-electron chi connectivity index (χ3n) is 4.75. The molecule has 1 aliphatic heterocycles. The Bertz CT molecular complexity index is 878. The molecule has 0 amide bonds. The van der Waals surface area contributed by atoms with Gasteiger partial charge in [-0.3, -0.25) is 14.5 Å². The first-order valence-electron chi connectivity index (χ1n) is 8.10. The Morgan fingerprint density at radius 3 is 2.42 bits per heavy atom. The minimum atomic E-state index is -0.256. The highest BCUT2D eigenvalue weighted by Gasteiger charge is 2.23. The van der Waals surface area contributed by atoms with E-state index < -0.39 is 0 Å². The molecule has 24 heavy (non-hydrogen) atoms. The molecular formula is C16H23N5O3. The van der Waals surface area contributed by atoms with E-state index in [-0.39, 0.29) is 17.7 Å². The maximum atomic E-state index is 12.7. The Morgan fingerprint density at radius 2 is 1.79 bits per heavy atom. The molecule has 0 atom stereocenters. The Kier molecular flexibility index (Phi) is 4.42. The third kappa shape index (κ3) is 2.71. The molecule has 0 radical (unpaired) electrons. The highest BCUT2D eigenvalue weighted by atomic mass is 16.3. The van der Waals surface area contributed by atoms with E-state index in [1.807, 2.05) is 11.8 Å². The van der Waals surface area contributed by atoms with Crippen LogP contribution in [0, 0.1) is 6.92 Å². The van der Waals surface area contributed by atoms with Gasteiger partial charge in [-0.15, -0.1) is 0 Å². The van der Waals surface area contributed by atoms with E-state index in [1.165, 1.54) is 4.68 Å². The molecule has 1 N–H and O–H groups in total. The Morgan fingerprint density at radius 1 is 1.12 bits per heavy atom. The molecule has 8 heteroatoms. The molecule has 0 unspecified atom stereocenters. The number of aliphatic hydroxyl groups is 1. The first-order valence-corrected chi connectivity index (χ1v) is 8.10. The topological polar surface area (TPSA) is 83.6 Å². The van der Waals surface area contributed by atoms with Gasteiger partial charge in [0, 0.05) is 52.5 Å². The lowest BCUT2D eigenvalue weighted by molar-refractivity contribution is 0.188. The van der Waals surface area contributed by atoms with Crippen LogP contribution in [0.4, 0.5) is 5.82 Å². The van der Waals surface area contributed by atoms with E-state index in [4.69, 9.17) is 5.11 Å². The van der Waals surface area contributed by atoms with Gasteiger partial charge in [0.2, 0.25) is 0 Å². The van der Waals surface area contributed by atoms with E-state index in [9.17, 15) is 9.59 Å². The van der Waals surface area contributed by atoms with Crippen molar-refractivity contribution in [3.63, 3.8) is 0 Å². The number of piperazine rings is 1. The summed E-state index contributed by atoms with van der Waals surface area (Å²) in [5.41, 5.74) is 0.297. The van der Waals surface area contributed by atoms with Gasteiger partial charge >= 0.3 is 0 Å². The number of β-amino-alcohol motifs (C(OH)–C–C–N with tert-alkyl or cyclic N) is 1. The zero-order valence-electron chi connectivity index (χ0n) is 14.3. The van der Waals surface area contributed by atoms with Crippen LogP contribution >= 0.6 is 0 Å². The van der Waals surface area contributed by atoms with Crippen molar-refractivity contribution in [2.24, 2.45) is 14.1 Å². The lowest BCUT2D eigenvalue weighted by Crippen LogP contribution is -2.48. The molecule has 2 aromatic heterocycles. The van der Waals surface area contributed by atoms with Crippen molar-refractivity contribution in [3.05, 3.63) is 32.5 Å². The fourth-order valence-electron chi connectivity index (χ4n) is 3.16. The Labute approximate surface area is 139 Å². The van der Waals surface area contributed by atoms with Crippen molar-refractivity contribution in [2.45, 2.75) is 6.92 Å². The molecule has 0 aromatic carbocycles. The average Bonchev–Trinajstić information content (AvgIpc) is 2.57. The number of aryl methyl sites for hydroxylation is 2. The number of hydrogen-bond acceptors (Lipinski definition) is 6. The van der Waals surface area contributed by atoms with Crippen LogP contribution in [0.5, 0.6) is 0 Å². The molecular weight excluding hydrogens is 310 g/mol. The number of rotatable bonds is 3. The van der Waals surface area contributed by atoms with Crippen molar-refractivity contribution in [1.82, 2.24) is 19.2 Å². The number of anilines is 1. The van der Waals surface area contributed by atoms with Crippen molar-refractivity contribution < 1.29 is 5.11 Å². The van der Waals surface area contributed by atoms with Crippen LogP contribution in [0.2, 0.25) is 0 Å². The second-order valence-electron chi connectivity index (χ2n) is 6.24. The molecule has 1 aliphatic rings. The molecule has 0 spiro atoms. The maximum absolute atomic E-state index is 12.7. The molecule has 8 nitrogen and oxygen atoms in total. The predicted octanol–water partition coefficient (Wildman–Crippen LogP) is -0.945. The first-order chi connectivity index (χ1) is 11.4. The molecule has 0 saturated carbocycles. The molecule has 3 rings (SSSR count). The quantitative estimate of drug-likeness (QED) is 0.780. The number of aromatic nitrogens is 3. The Balaban J connectivity index is 2.12. The monoisotopic (exact) mass is 333 g/mol. The van der Waals surface area contributed by atoms with Crippen LogP contribution in [0.25, 0.3) is 10.8 Å². The van der Waals surface area contributed by atoms with Crippen molar-refractivity contribution >= 4 is 16.6 Å². The van der Waals surface area contributed by atoms with E-state index in [2.05, 4.69) is 10.00 Å². The van der Waals surface area contributed by atoms with Gasteiger partial charge in [0.1, 0.15) is 0 Å². The second kappa shape index (κ2) is 6.37. The van der Waals surface area contributed by atoms with Gasteiger partial charge in [-0.05, 0) is 13.0 Å². The summed E-state index contributed by atoms with van der Waals surface area (Å²) in [5.74, 6) is 0.566. The second-order valence-corrected chi connectivity index (χ2v) is 6.24. The summed E-state index contributed by atoms with van der Waals surface area (Å²) in [6, 6.07) is 1.76. The molecule has 1 fully saturated rings. The van der Waals surface area contributed by atoms with Crippen molar-refractivity contribution in [3.8, 4) is 0 Å². The van der Waals surface area contributed by atoms with Gasteiger partial charge in [0.25, 0.3) is 11.1 Å². The summed E-state index contributed by atoms with van der Waals surface area (Å²) in [5, 5.41) is 14.2. The van der Waals surface area contributed by atoms with Gasteiger partial charge in [-0.1, -0.05) is 0 Å². The number of aliphatic hydroxyl groups excluding tert-OH is 1. The van der Waals surface area contributed by atoms with E-state index in [0.29, 0.717) is 36.2 Å². The highest BCUT2D eigenvalue weighted by molar-refractivity contribution is 5.91. The molecule has 3 heterocycles. The van der Waals surface area contributed by atoms with Crippen molar-refractivity contribution in [2.75, 3.05) is 44.2 Å². The average molecular weight is 333 g/mol. The van der Waals surface area contributed by atoms with E-state index in [1.54, 1.807) is 24.7 Å². The Hall–Kier alpha value is -2.19. The minimum Gasteiger partial charge on any atom is -0.395 e. The predicted molar refractivity (Wildman–Crippen MR) is 92.7 cm³/mol. The van der Waals surface area contributed by atoms with Gasteiger partial charge in [0.05, 0.1) is 17.4 Å². The summed E-state index contributed by atoms with van der Waals surface area (Å²) < 4.78 is 2.85. The number of pyridine rings is 1. The summed E-state index contributed by atoms with van der Waals surface area (Å²) in [4.78, 5) is 29.4. The highest BCUT2D eigenvalue weighted by Crippen LogP contribution is 2.20. The summed E-state index contributed by atoms with van der Waals surface area (Å²) in [6.07, 6.45) is 0. The maximum Gasteiger partial charge on any atom is 0.274 e. The number of hydrogen-bond donors (Lipinski definition) is 1. The zero-order chi connectivity index (χ0) is 17.4. The fourth-order valence-corrected chi connectivity index (χ4v) is 3.16. The fraction of sp³-hybridized carbons (Fsp3) is 0.562. The van der Waals surface area contributed by atoms with Crippen molar-refractivity contribution in [1.29, 1.82) is 0 Å². The SMILES string of the molecule is Cc1cc2c(=O)n(C)nc(N3CCN(CCO)CC3)c2c(=O)n1C. The molecule has 0 aliphatic carbocycles. The lowest BCUT2D eigenvalue weighted by atomic mass is 10.1. The molecule has 1 saturated heterocycles. The van der Waals surface area contributed by atoms with Crippen LogP contribution in [0.3, 0.4) is 0 Å². The first kappa shape index (κ1) is 16.7. The number of fused-ring (bicyclic) bond motifs is 1. The van der Waals surface area contributed by atoms with Crippen LogP contribution in [-0.4, -0.2) is 63.7 Å². The van der Waals surface area contributed by atoms with Crippen LogP contribution in [0.1, 0.15) is 5.69 Å². The van der Waals surface area contributed by atoms with Gasteiger partial charge < -0.3 is 14.6 Å². The smallest absolute Gasteiger partial charge is 0.274 e. The molecule has 130 valence electrons. The van der Waals surface area contributed by atoms with Crippen LogP contribution < -0.4 is 16.0 Å². The van der Waals surface area contributed by atoms with Crippen LogP contribution in [0.15, 0.2) is 15.7 Å². The summed E-state index contributed by atoms with van der Waals surface area (Å²) in [6.45, 7) is 5.59. The normalized spacial score (nSPS) is 16.1. The summed E-state index contributed by atoms with van der Waals surface area (Å²) >= 11 is 0. The number of nitrogens with zero attached hydrogens (tertiary/aromatic N) is 5. The zero-order valence-corrected chi connectivity index (χ0v) is 14.3. The van der Waals surface area contributed by atoms with Gasteiger partial charge in [-0.2, -0.15) is 5.10 Å². The third-order valence-corrected chi connectivity index (χ3v) is 4.75. The van der Waals surface area contributed by atoms with E-state index in [0.717, 1.165) is 18.8 Å². The van der Waals surface area contributed by atoms with Crippen LogP contribution in [-0.2, 0) is 14.1 Å². The minimum absolute atomic E-state index is 0.140. The lowest BCUT2D eigenvalue weighted by Gasteiger charge is -2.35. The standard InChI is InChI=1S/C16H23N5O3/c1-11-10-12-13(16(24)18(11)2)14(17-19(3)15(12)23)21-6-4-20(5-7-21)8-9-22/h10,22H,4-9H2,1-3H3. The largest absolute Gasteiger partial charge is 0.395 e.